The van der Waals surface area contributed by atoms with Crippen LogP contribution in [-0.4, -0.2) is 16.5 Å². The first-order valence-electron chi connectivity index (χ1n) is 6.72. The SMILES string of the molecule is CCCc1nc(-c2ccc(Cl)cc2)nc(NCC)c1Br. The van der Waals surface area contributed by atoms with Crippen LogP contribution in [0.1, 0.15) is 26.0 Å². The van der Waals surface area contributed by atoms with Gasteiger partial charge in [-0.05, 0) is 53.5 Å². The number of hydrogen-bond donors (Lipinski definition) is 1. The fourth-order valence-corrected chi connectivity index (χ4v) is 2.55. The molecule has 0 amide bonds. The van der Waals surface area contributed by atoms with Crippen LogP contribution in [0.2, 0.25) is 5.02 Å². The minimum Gasteiger partial charge on any atom is -0.369 e. The highest BCUT2D eigenvalue weighted by atomic mass is 79.9. The summed E-state index contributed by atoms with van der Waals surface area (Å²) < 4.78 is 0.957. The molecule has 0 radical (unpaired) electrons. The van der Waals surface area contributed by atoms with Crippen molar-refractivity contribution < 1.29 is 0 Å². The summed E-state index contributed by atoms with van der Waals surface area (Å²) in [6, 6.07) is 7.59. The summed E-state index contributed by atoms with van der Waals surface area (Å²) in [4.78, 5) is 9.26. The predicted molar refractivity (Wildman–Crippen MR) is 88.3 cm³/mol. The van der Waals surface area contributed by atoms with Crippen LogP contribution >= 0.6 is 27.5 Å². The third-order valence-corrected chi connectivity index (χ3v) is 3.94. The van der Waals surface area contributed by atoms with E-state index in [-0.39, 0.29) is 0 Å². The van der Waals surface area contributed by atoms with Gasteiger partial charge in [-0.3, -0.25) is 0 Å². The van der Waals surface area contributed by atoms with Crippen molar-refractivity contribution >= 4 is 33.3 Å². The Balaban J connectivity index is 2.49. The molecular formula is C15H17BrClN3. The second kappa shape index (κ2) is 7.04. The van der Waals surface area contributed by atoms with E-state index in [1.54, 1.807) is 0 Å². The van der Waals surface area contributed by atoms with Gasteiger partial charge in [-0.1, -0.05) is 24.9 Å². The summed E-state index contributed by atoms with van der Waals surface area (Å²) in [5, 5.41) is 3.99. The molecule has 1 aromatic carbocycles. The van der Waals surface area contributed by atoms with Crippen LogP contribution in [0, 0.1) is 0 Å². The zero-order chi connectivity index (χ0) is 14.5. The lowest BCUT2D eigenvalue weighted by molar-refractivity contribution is 0.867. The molecule has 3 nitrogen and oxygen atoms in total. The summed E-state index contributed by atoms with van der Waals surface area (Å²) in [6.45, 7) is 5.01. The number of hydrogen-bond acceptors (Lipinski definition) is 3. The van der Waals surface area contributed by atoms with Crippen molar-refractivity contribution in [1.29, 1.82) is 0 Å². The molecule has 2 rings (SSSR count). The van der Waals surface area contributed by atoms with Crippen LogP contribution in [-0.2, 0) is 6.42 Å². The third-order valence-electron chi connectivity index (χ3n) is 2.85. The molecule has 1 aromatic heterocycles. The molecule has 0 fully saturated rings. The van der Waals surface area contributed by atoms with E-state index in [2.05, 4.69) is 45.1 Å². The van der Waals surface area contributed by atoms with Crippen LogP contribution in [0.15, 0.2) is 28.7 Å². The van der Waals surface area contributed by atoms with Crippen molar-refractivity contribution in [3.63, 3.8) is 0 Å². The van der Waals surface area contributed by atoms with Crippen LogP contribution in [0.25, 0.3) is 11.4 Å². The maximum Gasteiger partial charge on any atom is 0.161 e. The van der Waals surface area contributed by atoms with Gasteiger partial charge in [0.25, 0.3) is 0 Å². The Kier molecular flexibility index (Phi) is 5.38. The Morgan fingerprint density at radius 1 is 1.15 bits per heavy atom. The van der Waals surface area contributed by atoms with E-state index < -0.39 is 0 Å². The van der Waals surface area contributed by atoms with Crippen LogP contribution < -0.4 is 5.32 Å². The lowest BCUT2D eigenvalue weighted by Gasteiger charge is -2.12. The van der Waals surface area contributed by atoms with Gasteiger partial charge >= 0.3 is 0 Å². The Bertz CT molecular complexity index is 557. The fourth-order valence-electron chi connectivity index (χ4n) is 1.91. The van der Waals surface area contributed by atoms with E-state index in [0.717, 1.165) is 46.8 Å². The highest BCUT2D eigenvalue weighted by Gasteiger charge is 2.12. The Morgan fingerprint density at radius 3 is 2.45 bits per heavy atom. The van der Waals surface area contributed by atoms with Gasteiger partial charge in [0.15, 0.2) is 5.82 Å². The average molecular weight is 355 g/mol. The highest BCUT2D eigenvalue weighted by molar-refractivity contribution is 9.10. The van der Waals surface area contributed by atoms with Crippen LogP contribution in [0.3, 0.4) is 0 Å². The first-order chi connectivity index (χ1) is 9.65. The minimum absolute atomic E-state index is 0.714. The van der Waals surface area contributed by atoms with Crippen molar-refractivity contribution in [1.82, 2.24) is 9.97 Å². The number of nitrogens with zero attached hydrogens (tertiary/aromatic N) is 2. The molecule has 0 bridgehead atoms. The molecule has 0 saturated heterocycles. The Hall–Kier alpha value is -1.13. The molecule has 2 aromatic rings. The van der Waals surface area contributed by atoms with E-state index in [4.69, 9.17) is 11.6 Å². The number of anilines is 1. The van der Waals surface area contributed by atoms with Gasteiger partial charge in [-0.2, -0.15) is 0 Å². The predicted octanol–water partition coefficient (Wildman–Crippen LogP) is 4.94. The maximum atomic E-state index is 5.93. The monoisotopic (exact) mass is 353 g/mol. The van der Waals surface area contributed by atoms with Crippen molar-refractivity contribution in [3.05, 3.63) is 39.5 Å². The third kappa shape index (κ3) is 3.49. The van der Waals surface area contributed by atoms with Gasteiger partial charge in [0.1, 0.15) is 5.82 Å². The molecular weight excluding hydrogens is 338 g/mol. The van der Waals surface area contributed by atoms with Gasteiger partial charge in [-0.25, -0.2) is 9.97 Å². The zero-order valence-corrected chi connectivity index (χ0v) is 13.9. The smallest absolute Gasteiger partial charge is 0.161 e. The number of aryl methyl sites for hydroxylation is 1. The van der Waals surface area contributed by atoms with E-state index in [1.807, 2.05) is 24.3 Å². The summed E-state index contributed by atoms with van der Waals surface area (Å²) in [5.41, 5.74) is 2.00. The summed E-state index contributed by atoms with van der Waals surface area (Å²) >= 11 is 9.52. The van der Waals surface area contributed by atoms with Gasteiger partial charge in [0.2, 0.25) is 0 Å². The molecule has 0 aliphatic rings. The highest BCUT2D eigenvalue weighted by Crippen LogP contribution is 2.28. The second-order valence-corrected chi connectivity index (χ2v) is 5.67. The number of rotatable bonds is 5. The number of nitrogens with one attached hydrogen (secondary N) is 1. The van der Waals surface area contributed by atoms with Gasteiger partial charge < -0.3 is 5.32 Å². The van der Waals surface area contributed by atoms with E-state index >= 15 is 0 Å². The molecule has 5 heteroatoms. The molecule has 0 spiro atoms. The molecule has 1 heterocycles. The largest absolute Gasteiger partial charge is 0.369 e. The number of benzene rings is 1. The first-order valence-corrected chi connectivity index (χ1v) is 7.89. The molecule has 1 N–H and O–H groups in total. The molecule has 0 atom stereocenters. The summed E-state index contributed by atoms with van der Waals surface area (Å²) in [6.07, 6.45) is 1.96. The standard InChI is InChI=1S/C15H17BrClN3/c1-3-5-12-13(16)15(18-4-2)20-14(19-12)10-6-8-11(17)9-7-10/h6-9H,3-5H2,1-2H3,(H,18,19,20). The first kappa shape index (κ1) is 15.3. The van der Waals surface area contributed by atoms with Gasteiger partial charge in [0.05, 0.1) is 10.2 Å². The van der Waals surface area contributed by atoms with E-state index in [9.17, 15) is 0 Å². The summed E-state index contributed by atoms with van der Waals surface area (Å²) in [5.74, 6) is 1.57. The fraction of sp³-hybridized carbons (Fsp3) is 0.333. The molecule has 0 unspecified atom stereocenters. The molecule has 106 valence electrons. The van der Waals surface area contributed by atoms with Crippen molar-refractivity contribution in [2.45, 2.75) is 26.7 Å². The van der Waals surface area contributed by atoms with Crippen molar-refractivity contribution in [2.24, 2.45) is 0 Å². The topological polar surface area (TPSA) is 37.8 Å². The van der Waals surface area contributed by atoms with Crippen molar-refractivity contribution in [3.8, 4) is 11.4 Å². The van der Waals surface area contributed by atoms with E-state index in [0.29, 0.717) is 5.02 Å². The van der Waals surface area contributed by atoms with Crippen molar-refractivity contribution in [2.75, 3.05) is 11.9 Å². The van der Waals surface area contributed by atoms with Crippen LogP contribution in [0.5, 0.6) is 0 Å². The van der Waals surface area contributed by atoms with Crippen LogP contribution in [0.4, 0.5) is 5.82 Å². The molecule has 0 aliphatic heterocycles. The molecule has 20 heavy (non-hydrogen) atoms. The Labute approximate surface area is 132 Å². The van der Waals surface area contributed by atoms with Gasteiger partial charge in [-0.15, -0.1) is 0 Å². The zero-order valence-electron chi connectivity index (χ0n) is 11.6. The molecule has 0 saturated carbocycles. The normalized spacial score (nSPS) is 10.6. The second-order valence-electron chi connectivity index (χ2n) is 4.44. The lowest BCUT2D eigenvalue weighted by atomic mass is 10.2. The molecule has 0 aliphatic carbocycles. The van der Waals surface area contributed by atoms with E-state index in [1.165, 1.54) is 0 Å². The van der Waals surface area contributed by atoms with Gasteiger partial charge in [0, 0.05) is 17.1 Å². The Morgan fingerprint density at radius 2 is 1.85 bits per heavy atom. The lowest BCUT2D eigenvalue weighted by Crippen LogP contribution is -2.06. The average Bonchev–Trinajstić information content (AvgIpc) is 2.44. The number of aromatic nitrogens is 2. The quantitative estimate of drug-likeness (QED) is 0.826. The maximum absolute atomic E-state index is 5.93. The summed E-state index contributed by atoms with van der Waals surface area (Å²) in [7, 11) is 0. The number of halogens is 2. The minimum atomic E-state index is 0.714.